The Kier molecular flexibility index (Phi) is 3.79. The predicted molar refractivity (Wildman–Crippen MR) is 67.5 cm³/mol. The lowest BCUT2D eigenvalue weighted by Gasteiger charge is -2.15. The molecule has 1 nitrogen and oxygen atoms in total. The molecule has 1 aromatic carbocycles. The Morgan fingerprint density at radius 1 is 1.19 bits per heavy atom. The van der Waals surface area contributed by atoms with Crippen molar-refractivity contribution in [3.05, 3.63) is 47.0 Å². The quantitative estimate of drug-likeness (QED) is 0.766. The predicted octanol–water partition coefficient (Wildman–Crippen LogP) is 3.26. The van der Waals surface area contributed by atoms with E-state index in [1.54, 1.807) is 5.57 Å². The smallest absolute Gasteiger partial charge is 0.0552 e. The fraction of sp³-hybridized carbons (Fsp3) is 0.467. The number of benzene rings is 1. The number of allylic oxidation sites excluding steroid dienone is 2. The summed E-state index contributed by atoms with van der Waals surface area (Å²) in [6.45, 7) is 1.83. The van der Waals surface area contributed by atoms with Crippen molar-refractivity contribution in [3.8, 4) is 0 Å². The maximum Gasteiger partial charge on any atom is 0.0552 e. The van der Waals surface area contributed by atoms with Crippen LogP contribution in [0.2, 0.25) is 0 Å². The van der Waals surface area contributed by atoms with E-state index in [-0.39, 0.29) is 6.10 Å². The van der Waals surface area contributed by atoms with Crippen LogP contribution < -0.4 is 0 Å². The second-order valence-corrected chi connectivity index (χ2v) is 4.79. The molecule has 1 N–H and O–H groups in total. The Bertz CT molecular complexity index is 354. The van der Waals surface area contributed by atoms with Crippen LogP contribution in [0.4, 0.5) is 0 Å². The van der Waals surface area contributed by atoms with E-state index < -0.39 is 0 Å². The second-order valence-electron chi connectivity index (χ2n) is 4.79. The summed E-state index contributed by atoms with van der Waals surface area (Å²) in [4.78, 5) is 0. The molecule has 1 unspecified atom stereocenters. The third-order valence-electron chi connectivity index (χ3n) is 3.18. The lowest BCUT2D eigenvalue weighted by molar-refractivity contribution is 0.195. The average Bonchev–Trinajstić information content (AvgIpc) is 2.17. The van der Waals surface area contributed by atoms with Gasteiger partial charge in [0.2, 0.25) is 0 Å². The van der Waals surface area contributed by atoms with Gasteiger partial charge in [-0.25, -0.2) is 0 Å². The van der Waals surface area contributed by atoms with Crippen LogP contribution in [0.5, 0.6) is 0 Å². The van der Waals surface area contributed by atoms with Crippen LogP contribution in [0.15, 0.2) is 35.9 Å². The maximum atomic E-state index is 9.28. The van der Waals surface area contributed by atoms with E-state index in [0.29, 0.717) is 0 Å². The molecule has 0 bridgehead atoms. The zero-order valence-corrected chi connectivity index (χ0v) is 9.95. The van der Waals surface area contributed by atoms with Crippen molar-refractivity contribution in [2.24, 2.45) is 0 Å². The van der Waals surface area contributed by atoms with E-state index in [0.717, 1.165) is 12.8 Å². The topological polar surface area (TPSA) is 20.2 Å². The van der Waals surface area contributed by atoms with Crippen LogP contribution in [0, 0.1) is 0 Å². The van der Waals surface area contributed by atoms with Crippen molar-refractivity contribution in [1.29, 1.82) is 0 Å². The number of rotatable bonds is 4. The monoisotopic (exact) mass is 216 g/mol. The minimum absolute atomic E-state index is 0.247. The second kappa shape index (κ2) is 5.31. The molecule has 0 spiro atoms. The van der Waals surface area contributed by atoms with Gasteiger partial charge in [0.05, 0.1) is 6.10 Å². The van der Waals surface area contributed by atoms with Crippen LogP contribution in [-0.2, 0) is 12.8 Å². The SMILES string of the molecule is CC(O)Cc1ccc(CC=C2CCC2)cc1. The van der Waals surface area contributed by atoms with Gasteiger partial charge < -0.3 is 5.11 Å². The molecule has 0 radical (unpaired) electrons. The third-order valence-corrected chi connectivity index (χ3v) is 3.18. The fourth-order valence-electron chi connectivity index (χ4n) is 2.00. The molecule has 1 atom stereocenters. The molecule has 0 aromatic heterocycles. The van der Waals surface area contributed by atoms with Gasteiger partial charge in [-0.3, -0.25) is 0 Å². The maximum absolute atomic E-state index is 9.28. The summed E-state index contributed by atoms with van der Waals surface area (Å²) in [7, 11) is 0. The third kappa shape index (κ3) is 3.21. The van der Waals surface area contributed by atoms with Crippen LogP contribution in [-0.4, -0.2) is 11.2 Å². The van der Waals surface area contributed by atoms with E-state index in [9.17, 15) is 5.11 Å². The summed E-state index contributed by atoms with van der Waals surface area (Å²) in [6.07, 6.45) is 7.92. The number of hydrogen-bond donors (Lipinski definition) is 1. The number of aliphatic hydroxyl groups is 1. The van der Waals surface area contributed by atoms with Crippen LogP contribution in [0.25, 0.3) is 0 Å². The highest BCUT2D eigenvalue weighted by Crippen LogP contribution is 2.25. The zero-order valence-electron chi connectivity index (χ0n) is 9.95. The van der Waals surface area contributed by atoms with E-state index in [1.807, 2.05) is 6.92 Å². The van der Waals surface area contributed by atoms with Crippen molar-refractivity contribution in [2.75, 3.05) is 0 Å². The first kappa shape index (κ1) is 11.4. The summed E-state index contributed by atoms with van der Waals surface area (Å²) in [5, 5.41) is 9.28. The summed E-state index contributed by atoms with van der Waals surface area (Å²) in [5.41, 5.74) is 4.21. The van der Waals surface area contributed by atoms with Gasteiger partial charge in [0.1, 0.15) is 0 Å². The van der Waals surface area contributed by atoms with E-state index in [4.69, 9.17) is 0 Å². The summed E-state index contributed by atoms with van der Waals surface area (Å²) >= 11 is 0. The first-order chi connectivity index (χ1) is 7.74. The summed E-state index contributed by atoms with van der Waals surface area (Å²) < 4.78 is 0. The highest BCUT2D eigenvalue weighted by molar-refractivity contribution is 5.26. The zero-order chi connectivity index (χ0) is 11.4. The van der Waals surface area contributed by atoms with Crippen LogP contribution >= 0.6 is 0 Å². The van der Waals surface area contributed by atoms with Gasteiger partial charge in [-0.2, -0.15) is 0 Å². The van der Waals surface area contributed by atoms with Gasteiger partial charge in [-0.15, -0.1) is 0 Å². The molecule has 16 heavy (non-hydrogen) atoms. The van der Waals surface area contributed by atoms with Crippen molar-refractivity contribution in [1.82, 2.24) is 0 Å². The minimum Gasteiger partial charge on any atom is -0.393 e. The lowest BCUT2D eigenvalue weighted by Crippen LogP contribution is -2.03. The molecule has 0 heterocycles. The Labute approximate surface area is 97.8 Å². The van der Waals surface area contributed by atoms with Gasteiger partial charge >= 0.3 is 0 Å². The Hall–Kier alpha value is -1.08. The lowest BCUT2D eigenvalue weighted by atomic mass is 9.91. The Morgan fingerprint density at radius 2 is 1.81 bits per heavy atom. The molecule has 0 amide bonds. The van der Waals surface area contributed by atoms with E-state index in [2.05, 4.69) is 30.3 Å². The van der Waals surface area contributed by atoms with Gasteiger partial charge in [-0.05, 0) is 50.2 Å². The number of hydrogen-bond acceptors (Lipinski definition) is 1. The summed E-state index contributed by atoms with van der Waals surface area (Å²) in [6, 6.07) is 8.60. The molecule has 0 aliphatic heterocycles. The van der Waals surface area contributed by atoms with Crippen molar-refractivity contribution < 1.29 is 5.11 Å². The van der Waals surface area contributed by atoms with Crippen molar-refractivity contribution in [2.45, 2.75) is 45.1 Å². The number of aliphatic hydroxyl groups excluding tert-OH is 1. The molecular formula is C15H20O. The molecule has 1 saturated carbocycles. The molecule has 86 valence electrons. The molecule has 0 saturated heterocycles. The largest absolute Gasteiger partial charge is 0.393 e. The molecule has 1 aliphatic carbocycles. The first-order valence-corrected chi connectivity index (χ1v) is 6.18. The van der Waals surface area contributed by atoms with Crippen LogP contribution in [0.3, 0.4) is 0 Å². The molecule has 1 heteroatoms. The minimum atomic E-state index is -0.247. The molecular weight excluding hydrogens is 196 g/mol. The normalized spacial score (nSPS) is 16.8. The van der Waals surface area contributed by atoms with E-state index >= 15 is 0 Å². The molecule has 1 aromatic rings. The highest BCUT2D eigenvalue weighted by atomic mass is 16.3. The average molecular weight is 216 g/mol. The van der Waals surface area contributed by atoms with E-state index in [1.165, 1.54) is 30.4 Å². The van der Waals surface area contributed by atoms with Crippen LogP contribution in [0.1, 0.15) is 37.3 Å². The standard InChI is InChI=1S/C15H20O/c1-12(16)11-15-9-7-14(8-10-15)6-5-13-3-2-4-13/h5,7-10,12,16H,2-4,6,11H2,1H3. The van der Waals surface area contributed by atoms with Gasteiger partial charge in [0.25, 0.3) is 0 Å². The van der Waals surface area contributed by atoms with Crippen molar-refractivity contribution in [3.63, 3.8) is 0 Å². The summed E-state index contributed by atoms with van der Waals surface area (Å²) in [5.74, 6) is 0. The highest BCUT2D eigenvalue weighted by Gasteiger charge is 2.07. The van der Waals surface area contributed by atoms with Gasteiger partial charge in [0.15, 0.2) is 0 Å². The van der Waals surface area contributed by atoms with Crippen molar-refractivity contribution >= 4 is 0 Å². The van der Waals surface area contributed by atoms with Gasteiger partial charge in [-0.1, -0.05) is 35.9 Å². The Morgan fingerprint density at radius 3 is 2.31 bits per heavy atom. The fourth-order valence-corrected chi connectivity index (χ4v) is 2.00. The molecule has 1 aliphatic rings. The van der Waals surface area contributed by atoms with Gasteiger partial charge in [0, 0.05) is 0 Å². The molecule has 1 fully saturated rings. The first-order valence-electron chi connectivity index (χ1n) is 6.18. The molecule has 2 rings (SSSR count). The Balaban J connectivity index is 1.91.